The van der Waals surface area contributed by atoms with Crippen molar-refractivity contribution in [2.24, 2.45) is 0 Å². The van der Waals surface area contributed by atoms with Gasteiger partial charge in [-0.25, -0.2) is 0 Å². The van der Waals surface area contributed by atoms with Gasteiger partial charge in [0.15, 0.2) is 12.6 Å². The van der Waals surface area contributed by atoms with Crippen LogP contribution >= 0.6 is 0 Å². The minimum absolute atomic E-state index is 0.153. The quantitative estimate of drug-likeness (QED) is 0.246. The fourth-order valence-corrected chi connectivity index (χ4v) is 4.96. The maximum absolute atomic E-state index is 11.4. The van der Waals surface area contributed by atoms with Crippen molar-refractivity contribution in [3.05, 3.63) is 65.7 Å². The number of aliphatic hydroxyl groups is 1. The van der Waals surface area contributed by atoms with Gasteiger partial charge in [-0.3, -0.25) is 4.79 Å². The third kappa shape index (κ3) is 8.73. The van der Waals surface area contributed by atoms with Gasteiger partial charge in [-0.15, -0.1) is 0 Å². The zero-order chi connectivity index (χ0) is 28.2. The van der Waals surface area contributed by atoms with Gasteiger partial charge in [0.05, 0.1) is 27.4 Å². The second-order valence-corrected chi connectivity index (χ2v) is 10.2. The Bertz CT molecular complexity index is 1000. The SMILES string of the molecule is COC(=O)CCCCCCCCO[C@H]1O[C@@H]2COC(c3ccc(OC)cc3)O[C@H]2[C@H](O)[C@H]1OCc1ccccc1. The predicted molar refractivity (Wildman–Crippen MR) is 147 cm³/mol. The number of carbonyl (C=O) groups excluding carboxylic acids is 1. The highest BCUT2D eigenvalue weighted by molar-refractivity contribution is 5.68. The van der Waals surface area contributed by atoms with E-state index in [2.05, 4.69) is 4.74 Å². The van der Waals surface area contributed by atoms with Crippen LogP contribution in [0.5, 0.6) is 5.75 Å². The van der Waals surface area contributed by atoms with Gasteiger partial charge in [-0.1, -0.05) is 68.1 Å². The van der Waals surface area contributed by atoms with Crippen LogP contribution in [0, 0.1) is 0 Å². The Morgan fingerprint density at radius 3 is 2.35 bits per heavy atom. The molecule has 6 atom stereocenters. The first-order valence-electron chi connectivity index (χ1n) is 14.2. The fourth-order valence-electron chi connectivity index (χ4n) is 4.96. The number of hydrogen-bond acceptors (Lipinski definition) is 9. The molecule has 4 rings (SSSR count). The Morgan fingerprint density at radius 2 is 1.62 bits per heavy atom. The molecule has 0 saturated carbocycles. The Morgan fingerprint density at radius 1 is 0.900 bits per heavy atom. The molecule has 9 nitrogen and oxygen atoms in total. The predicted octanol–water partition coefficient (Wildman–Crippen LogP) is 4.70. The highest BCUT2D eigenvalue weighted by atomic mass is 16.8. The lowest BCUT2D eigenvalue weighted by molar-refractivity contribution is -0.367. The molecule has 9 heteroatoms. The number of esters is 1. The molecule has 2 aliphatic heterocycles. The Hall–Kier alpha value is -2.53. The van der Waals surface area contributed by atoms with Crippen molar-refractivity contribution in [2.45, 2.75) is 88.5 Å². The molecule has 0 spiro atoms. The van der Waals surface area contributed by atoms with E-state index in [4.69, 9.17) is 28.4 Å². The summed E-state index contributed by atoms with van der Waals surface area (Å²) in [5, 5.41) is 11.4. The van der Waals surface area contributed by atoms with E-state index in [0.717, 1.165) is 55.4 Å². The van der Waals surface area contributed by atoms with Gasteiger partial charge >= 0.3 is 5.97 Å². The number of aliphatic hydroxyl groups excluding tert-OH is 1. The smallest absolute Gasteiger partial charge is 0.305 e. The van der Waals surface area contributed by atoms with Crippen LogP contribution in [0.1, 0.15) is 62.4 Å². The molecule has 1 unspecified atom stereocenters. The van der Waals surface area contributed by atoms with Gasteiger partial charge in [0, 0.05) is 18.6 Å². The van der Waals surface area contributed by atoms with Crippen molar-refractivity contribution in [2.75, 3.05) is 27.4 Å². The van der Waals surface area contributed by atoms with Crippen molar-refractivity contribution in [1.82, 2.24) is 0 Å². The summed E-state index contributed by atoms with van der Waals surface area (Å²) in [6.45, 7) is 1.06. The van der Waals surface area contributed by atoms with Gasteiger partial charge in [0.1, 0.15) is 30.2 Å². The third-order valence-electron chi connectivity index (χ3n) is 7.27. The third-order valence-corrected chi connectivity index (χ3v) is 7.27. The first-order valence-corrected chi connectivity index (χ1v) is 14.2. The van der Waals surface area contributed by atoms with Crippen LogP contribution in [-0.2, 0) is 39.8 Å². The molecule has 2 saturated heterocycles. The average Bonchev–Trinajstić information content (AvgIpc) is 3.00. The summed E-state index contributed by atoms with van der Waals surface area (Å²) >= 11 is 0. The highest BCUT2D eigenvalue weighted by Crippen LogP contribution is 2.36. The van der Waals surface area contributed by atoms with Crippen molar-refractivity contribution < 1.29 is 43.1 Å². The van der Waals surface area contributed by atoms with Crippen molar-refractivity contribution in [3.63, 3.8) is 0 Å². The normalized spacial score (nSPS) is 26.2. The molecule has 40 heavy (non-hydrogen) atoms. The summed E-state index contributed by atoms with van der Waals surface area (Å²) in [5.41, 5.74) is 1.82. The van der Waals surface area contributed by atoms with E-state index in [-0.39, 0.29) is 12.6 Å². The minimum Gasteiger partial charge on any atom is -0.497 e. The molecule has 2 aromatic carbocycles. The summed E-state index contributed by atoms with van der Waals surface area (Å²) < 4.78 is 40.6. The average molecular weight is 559 g/mol. The lowest BCUT2D eigenvalue weighted by atomic mass is 9.97. The summed E-state index contributed by atoms with van der Waals surface area (Å²) in [4.78, 5) is 11.2. The molecule has 0 amide bonds. The molecule has 2 heterocycles. The van der Waals surface area contributed by atoms with Crippen LogP contribution < -0.4 is 4.74 Å². The van der Waals surface area contributed by atoms with Crippen molar-refractivity contribution in [1.29, 1.82) is 0 Å². The number of hydrogen-bond donors (Lipinski definition) is 1. The van der Waals surface area contributed by atoms with Gasteiger partial charge < -0.3 is 38.3 Å². The van der Waals surface area contributed by atoms with Gasteiger partial charge in [-0.2, -0.15) is 0 Å². The van der Waals surface area contributed by atoms with E-state index in [1.165, 1.54) is 7.11 Å². The fraction of sp³-hybridized carbons (Fsp3) is 0.581. The Balaban J connectivity index is 1.30. The van der Waals surface area contributed by atoms with Gasteiger partial charge in [-0.05, 0) is 30.5 Å². The molecule has 2 fully saturated rings. The van der Waals surface area contributed by atoms with Crippen molar-refractivity contribution >= 4 is 5.97 Å². The lowest BCUT2D eigenvalue weighted by Crippen LogP contribution is -2.62. The zero-order valence-corrected chi connectivity index (χ0v) is 23.4. The second-order valence-electron chi connectivity index (χ2n) is 10.2. The number of unbranched alkanes of at least 4 members (excludes halogenated alkanes) is 5. The molecule has 0 aromatic heterocycles. The second kappa shape index (κ2) is 16.0. The summed E-state index contributed by atoms with van der Waals surface area (Å²) in [5.74, 6) is 0.589. The first kappa shape index (κ1) is 30.4. The summed E-state index contributed by atoms with van der Waals surface area (Å²) in [6.07, 6.45) is 2.13. The van der Waals surface area contributed by atoms with Gasteiger partial charge in [0.2, 0.25) is 0 Å². The standard InChI is InChI=1S/C31H42O9/c1-34-24-17-15-23(16-18-24)30-38-21-25-28(40-30)27(33)29(37-20-22-12-8-7-9-13-22)31(39-25)36-19-11-6-4-3-5-10-14-26(32)35-2/h7-9,12-13,15-18,25,27-31,33H,3-6,10-11,14,19-21H2,1-2H3/t25-,27+,28-,29-,30?,31+/m1/s1. The maximum Gasteiger partial charge on any atom is 0.305 e. The van der Waals surface area contributed by atoms with Crippen LogP contribution in [0.2, 0.25) is 0 Å². The molecule has 2 aliphatic rings. The molecule has 0 aliphatic carbocycles. The van der Waals surface area contributed by atoms with Crippen LogP contribution in [0.3, 0.4) is 0 Å². The van der Waals surface area contributed by atoms with E-state index in [1.807, 2.05) is 54.6 Å². The molecule has 1 N–H and O–H groups in total. The summed E-state index contributed by atoms with van der Waals surface area (Å²) in [6, 6.07) is 17.3. The maximum atomic E-state index is 11.4. The summed E-state index contributed by atoms with van der Waals surface area (Å²) in [7, 11) is 3.04. The van der Waals surface area contributed by atoms with E-state index in [0.29, 0.717) is 19.6 Å². The number of fused-ring (bicyclic) bond motifs is 1. The minimum atomic E-state index is -0.966. The first-order chi connectivity index (χ1) is 19.6. The number of rotatable bonds is 15. The Labute approximate surface area is 236 Å². The van der Waals surface area contributed by atoms with Gasteiger partial charge in [0.25, 0.3) is 0 Å². The lowest BCUT2D eigenvalue weighted by Gasteiger charge is -2.47. The molecule has 0 bridgehead atoms. The number of carbonyl (C=O) groups is 1. The van der Waals surface area contributed by atoms with Crippen LogP contribution in [-0.4, -0.2) is 69.2 Å². The molecular formula is C31H42O9. The number of methoxy groups -OCH3 is 2. The zero-order valence-electron chi connectivity index (χ0n) is 23.4. The molecule has 0 radical (unpaired) electrons. The van der Waals surface area contributed by atoms with E-state index >= 15 is 0 Å². The number of ether oxygens (including phenoxy) is 7. The molecular weight excluding hydrogens is 516 g/mol. The van der Waals surface area contributed by atoms with Crippen LogP contribution in [0.25, 0.3) is 0 Å². The molecule has 2 aromatic rings. The van der Waals surface area contributed by atoms with E-state index < -0.39 is 37.0 Å². The van der Waals surface area contributed by atoms with E-state index in [1.54, 1.807) is 7.11 Å². The Kier molecular flexibility index (Phi) is 12.2. The van der Waals surface area contributed by atoms with E-state index in [9.17, 15) is 9.90 Å². The van der Waals surface area contributed by atoms with Crippen LogP contribution in [0.4, 0.5) is 0 Å². The monoisotopic (exact) mass is 558 g/mol. The highest BCUT2D eigenvalue weighted by Gasteiger charge is 2.50. The largest absolute Gasteiger partial charge is 0.497 e. The van der Waals surface area contributed by atoms with Crippen LogP contribution in [0.15, 0.2) is 54.6 Å². The molecule has 220 valence electrons. The van der Waals surface area contributed by atoms with Crippen molar-refractivity contribution in [3.8, 4) is 5.75 Å². The topological polar surface area (TPSA) is 102 Å². The number of benzene rings is 2.